The van der Waals surface area contributed by atoms with Gasteiger partial charge in [-0.1, -0.05) is 25.1 Å². The number of aryl methyl sites for hydroxylation is 1. The van der Waals surface area contributed by atoms with Crippen molar-refractivity contribution in [2.45, 2.75) is 13.3 Å². The first-order valence-corrected chi connectivity index (χ1v) is 9.74. The minimum absolute atomic E-state index is 0.0718. The van der Waals surface area contributed by atoms with Gasteiger partial charge in [0.2, 0.25) is 5.91 Å². The molecule has 2 amide bonds. The maximum absolute atomic E-state index is 13.6. The maximum Gasteiger partial charge on any atom is 0.257 e. The zero-order valence-corrected chi connectivity index (χ0v) is 16.8. The summed E-state index contributed by atoms with van der Waals surface area (Å²) in [6.45, 7) is 4.41. The first-order chi connectivity index (χ1) is 14.0. The second-order valence-corrected chi connectivity index (χ2v) is 6.97. The number of para-hydroxylation sites is 1. The van der Waals surface area contributed by atoms with Crippen LogP contribution in [-0.4, -0.2) is 61.4 Å². The predicted molar refractivity (Wildman–Crippen MR) is 110 cm³/mol. The molecule has 0 aromatic heterocycles. The van der Waals surface area contributed by atoms with Gasteiger partial charge in [0, 0.05) is 31.9 Å². The molecule has 0 spiro atoms. The van der Waals surface area contributed by atoms with E-state index < -0.39 is 5.82 Å². The van der Waals surface area contributed by atoms with Crippen molar-refractivity contribution in [2.24, 2.45) is 0 Å². The van der Waals surface area contributed by atoms with Crippen LogP contribution in [0.25, 0.3) is 0 Å². The number of hydrogen-bond acceptors (Lipinski definition) is 4. The van der Waals surface area contributed by atoms with Crippen LogP contribution in [0.15, 0.2) is 42.5 Å². The molecule has 29 heavy (non-hydrogen) atoms. The molecule has 1 fully saturated rings. The van der Waals surface area contributed by atoms with E-state index >= 15 is 0 Å². The van der Waals surface area contributed by atoms with Crippen molar-refractivity contribution in [3.05, 3.63) is 59.4 Å². The second-order valence-electron chi connectivity index (χ2n) is 6.97. The zero-order valence-electron chi connectivity index (χ0n) is 16.8. The number of anilines is 1. The van der Waals surface area contributed by atoms with Gasteiger partial charge in [-0.05, 0) is 36.2 Å². The van der Waals surface area contributed by atoms with E-state index in [0.717, 1.165) is 17.7 Å². The number of carbonyl (C=O) groups excluding carboxylic acids is 2. The summed E-state index contributed by atoms with van der Waals surface area (Å²) < 4.78 is 18.8. The Morgan fingerprint density at radius 2 is 1.83 bits per heavy atom. The lowest BCUT2D eigenvalue weighted by molar-refractivity contribution is -0.117. The molecule has 0 radical (unpaired) electrons. The Kier molecular flexibility index (Phi) is 6.82. The Hall–Kier alpha value is -2.93. The Morgan fingerprint density at radius 1 is 1.10 bits per heavy atom. The lowest BCUT2D eigenvalue weighted by Gasteiger charge is -2.34. The number of halogens is 1. The smallest absolute Gasteiger partial charge is 0.257 e. The molecule has 7 heteroatoms. The fraction of sp³-hybridized carbons (Fsp3) is 0.364. The third-order valence-electron chi connectivity index (χ3n) is 5.09. The van der Waals surface area contributed by atoms with E-state index in [0.29, 0.717) is 31.9 Å². The number of hydrogen-bond donors (Lipinski definition) is 1. The lowest BCUT2D eigenvalue weighted by Crippen LogP contribution is -2.50. The number of rotatable bonds is 6. The van der Waals surface area contributed by atoms with E-state index in [1.54, 1.807) is 4.90 Å². The largest absolute Gasteiger partial charge is 0.496 e. The van der Waals surface area contributed by atoms with Crippen LogP contribution in [0, 0.1) is 5.82 Å². The van der Waals surface area contributed by atoms with Crippen molar-refractivity contribution in [3.63, 3.8) is 0 Å². The van der Waals surface area contributed by atoms with Gasteiger partial charge in [0.15, 0.2) is 0 Å². The molecule has 0 saturated carbocycles. The Labute approximate surface area is 170 Å². The molecule has 2 aromatic carbocycles. The van der Waals surface area contributed by atoms with Crippen LogP contribution in [0.3, 0.4) is 0 Å². The van der Waals surface area contributed by atoms with Gasteiger partial charge in [0.25, 0.3) is 5.91 Å². The highest BCUT2D eigenvalue weighted by Gasteiger charge is 2.25. The summed E-state index contributed by atoms with van der Waals surface area (Å²) in [4.78, 5) is 28.8. The number of ether oxygens (including phenoxy) is 1. The highest BCUT2D eigenvalue weighted by molar-refractivity contribution is 5.97. The molecular formula is C22H26FN3O3. The van der Waals surface area contributed by atoms with Crippen molar-refractivity contribution in [2.75, 3.05) is 45.2 Å². The van der Waals surface area contributed by atoms with Crippen molar-refractivity contribution < 1.29 is 18.7 Å². The fourth-order valence-electron chi connectivity index (χ4n) is 3.47. The van der Waals surface area contributed by atoms with Crippen LogP contribution >= 0.6 is 0 Å². The summed E-state index contributed by atoms with van der Waals surface area (Å²) in [5.41, 5.74) is 2.15. The third-order valence-corrected chi connectivity index (χ3v) is 5.09. The van der Waals surface area contributed by atoms with E-state index in [2.05, 4.69) is 12.2 Å². The molecule has 1 heterocycles. The van der Waals surface area contributed by atoms with Gasteiger partial charge >= 0.3 is 0 Å². The molecule has 2 aromatic rings. The molecule has 154 valence electrons. The highest BCUT2D eigenvalue weighted by atomic mass is 19.1. The summed E-state index contributed by atoms with van der Waals surface area (Å²) in [5.74, 6) is -0.454. The summed E-state index contributed by atoms with van der Waals surface area (Å²) in [5, 5.41) is 2.97. The molecule has 0 unspecified atom stereocenters. The van der Waals surface area contributed by atoms with E-state index in [1.807, 2.05) is 29.2 Å². The number of nitrogens with one attached hydrogen (secondary N) is 1. The van der Waals surface area contributed by atoms with Crippen LogP contribution in [-0.2, 0) is 11.2 Å². The molecule has 6 nitrogen and oxygen atoms in total. The average molecular weight is 399 g/mol. The van der Waals surface area contributed by atoms with Gasteiger partial charge in [-0.3, -0.25) is 14.5 Å². The van der Waals surface area contributed by atoms with Crippen LogP contribution in [0.5, 0.6) is 5.75 Å². The average Bonchev–Trinajstić information content (AvgIpc) is 2.74. The number of methoxy groups -OCH3 is 1. The fourth-order valence-corrected chi connectivity index (χ4v) is 3.47. The van der Waals surface area contributed by atoms with Crippen LogP contribution in [0.2, 0.25) is 0 Å². The third kappa shape index (κ3) is 5.12. The summed E-state index contributed by atoms with van der Waals surface area (Å²) >= 11 is 0. The Balaban J connectivity index is 1.55. The number of amides is 2. The first-order valence-electron chi connectivity index (χ1n) is 9.74. The molecule has 0 aliphatic carbocycles. The predicted octanol–water partition coefficient (Wildman–Crippen LogP) is 2.79. The van der Waals surface area contributed by atoms with Crippen LogP contribution in [0.4, 0.5) is 10.1 Å². The van der Waals surface area contributed by atoms with Gasteiger partial charge < -0.3 is 15.0 Å². The van der Waals surface area contributed by atoms with Crippen LogP contribution < -0.4 is 10.1 Å². The van der Waals surface area contributed by atoms with E-state index in [-0.39, 0.29) is 23.9 Å². The maximum atomic E-state index is 13.6. The molecule has 0 atom stereocenters. The second kappa shape index (κ2) is 9.52. The topological polar surface area (TPSA) is 61.9 Å². The Bertz CT molecular complexity index is 879. The minimum atomic E-state index is -0.475. The normalized spacial score (nSPS) is 14.5. The van der Waals surface area contributed by atoms with Gasteiger partial charge in [-0.15, -0.1) is 0 Å². The lowest BCUT2D eigenvalue weighted by atomic mass is 10.1. The first kappa shape index (κ1) is 20.8. The van der Waals surface area contributed by atoms with Gasteiger partial charge in [-0.25, -0.2) is 4.39 Å². The molecule has 3 rings (SSSR count). The summed E-state index contributed by atoms with van der Waals surface area (Å²) in [7, 11) is 1.46. The van der Waals surface area contributed by atoms with Crippen molar-refractivity contribution in [3.8, 4) is 5.75 Å². The van der Waals surface area contributed by atoms with Crippen LogP contribution in [0.1, 0.15) is 22.8 Å². The van der Waals surface area contributed by atoms with E-state index in [4.69, 9.17) is 4.74 Å². The van der Waals surface area contributed by atoms with Crippen molar-refractivity contribution in [1.82, 2.24) is 9.80 Å². The summed E-state index contributed by atoms with van der Waals surface area (Å²) in [6, 6.07) is 11.7. The minimum Gasteiger partial charge on any atom is -0.496 e. The van der Waals surface area contributed by atoms with E-state index in [9.17, 15) is 14.0 Å². The molecule has 1 saturated heterocycles. The van der Waals surface area contributed by atoms with E-state index in [1.165, 1.54) is 25.3 Å². The van der Waals surface area contributed by atoms with Crippen molar-refractivity contribution >= 4 is 17.5 Å². The molecule has 1 N–H and O–H groups in total. The molecule has 0 bridgehead atoms. The molecule has 1 aliphatic rings. The number of nitrogens with zero attached hydrogens (tertiary/aromatic N) is 2. The standard InChI is InChI=1S/C22H26FN3O3/c1-3-16-6-4-5-7-19(16)24-21(27)15-25-10-12-26(13-11-25)22(28)18-14-17(23)8-9-20(18)29-2/h4-9,14H,3,10-13,15H2,1-2H3,(H,24,27). The van der Waals surface area contributed by atoms with Gasteiger partial charge in [0.1, 0.15) is 11.6 Å². The van der Waals surface area contributed by atoms with Gasteiger partial charge in [0.05, 0.1) is 19.2 Å². The number of carbonyl (C=O) groups is 2. The number of piperazine rings is 1. The summed E-state index contributed by atoms with van der Waals surface area (Å²) in [6.07, 6.45) is 0.848. The number of benzene rings is 2. The SMILES string of the molecule is CCc1ccccc1NC(=O)CN1CCN(C(=O)c2cc(F)ccc2OC)CC1. The quantitative estimate of drug-likeness (QED) is 0.812. The van der Waals surface area contributed by atoms with Gasteiger partial charge in [-0.2, -0.15) is 0 Å². The highest BCUT2D eigenvalue weighted by Crippen LogP contribution is 2.22. The van der Waals surface area contributed by atoms with Crippen molar-refractivity contribution in [1.29, 1.82) is 0 Å². The zero-order chi connectivity index (χ0) is 20.8. The molecule has 1 aliphatic heterocycles. The monoisotopic (exact) mass is 399 g/mol. The molecular weight excluding hydrogens is 373 g/mol. The Morgan fingerprint density at radius 3 is 2.52 bits per heavy atom.